The number of anilines is 1. The quantitative estimate of drug-likeness (QED) is 0.463. The molecule has 0 aliphatic carbocycles. The first-order valence-corrected chi connectivity index (χ1v) is 10.1. The Morgan fingerprint density at radius 2 is 1.97 bits per heavy atom. The van der Waals surface area contributed by atoms with Gasteiger partial charge in [-0.2, -0.15) is 14.5 Å². The van der Waals surface area contributed by atoms with Gasteiger partial charge in [0.15, 0.2) is 0 Å². The Morgan fingerprint density at radius 3 is 2.74 bits per heavy atom. The van der Waals surface area contributed by atoms with Gasteiger partial charge in [0.25, 0.3) is 5.78 Å². The molecular weight excluding hydrogens is 396 g/mol. The summed E-state index contributed by atoms with van der Waals surface area (Å²) in [4.78, 5) is 25.4. The summed E-state index contributed by atoms with van der Waals surface area (Å²) in [6.07, 6.45) is 1.31. The molecule has 160 valence electrons. The number of amides is 1. The fourth-order valence-corrected chi connectivity index (χ4v) is 3.53. The van der Waals surface area contributed by atoms with Crippen LogP contribution in [0.5, 0.6) is 0 Å². The van der Waals surface area contributed by atoms with Crippen LogP contribution in [0, 0.1) is 13.8 Å². The lowest BCUT2D eigenvalue weighted by molar-refractivity contribution is -0.121. The van der Waals surface area contributed by atoms with Crippen molar-refractivity contribution in [2.45, 2.75) is 46.1 Å². The molecule has 0 saturated carbocycles. The fraction of sp³-hybridized carbons (Fsp3) is 0.333. The zero-order valence-electron chi connectivity index (χ0n) is 17.7. The molecular formula is C21H24N8O2. The first kappa shape index (κ1) is 20.5. The maximum Gasteiger partial charge on any atom is 0.254 e. The van der Waals surface area contributed by atoms with Crippen LogP contribution < -0.4 is 11.1 Å². The number of carbonyl (C=O) groups is 1. The zero-order valence-corrected chi connectivity index (χ0v) is 17.7. The molecule has 1 atom stereocenters. The number of carbonyl (C=O) groups excluding carboxylic acids is 1. The molecule has 10 heteroatoms. The number of nitrogens with one attached hydrogen (secondary N) is 1. The van der Waals surface area contributed by atoms with E-state index in [1.807, 2.05) is 51.1 Å². The summed E-state index contributed by atoms with van der Waals surface area (Å²) in [7, 11) is 0. The largest absolute Gasteiger partial charge is 0.366 e. The number of rotatable bonds is 7. The Kier molecular flexibility index (Phi) is 5.61. The summed E-state index contributed by atoms with van der Waals surface area (Å²) in [6, 6.07) is 9.47. The smallest absolute Gasteiger partial charge is 0.254 e. The van der Waals surface area contributed by atoms with Gasteiger partial charge in [0, 0.05) is 35.8 Å². The van der Waals surface area contributed by atoms with Gasteiger partial charge in [0.2, 0.25) is 23.6 Å². The zero-order chi connectivity index (χ0) is 22.0. The average molecular weight is 420 g/mol. The molecule has 3 heterocycles. The number of aryl methyl sites for hydroxylation is 2. The first-order chi connectivity index (χ1) is 14.9. The Bertz CT molecular complexity index is 1220. The number of fused-ring (bicyclic) bond motifs is 1. The number of hydrogen-bond acceptors (Lipinski definition) is 8. The number of nitrogens with two attached hydrogens (primary N) is 1. The average Bonchev–Trinajstić information content (AvgIpc) is 3.34. The highest BCUT2D eigenvalue weighted by atomic mass is 16.5. The molecule has 31 heavy (non-hydrogen) atoms. The normalized spacial score (nSPS) is 12.2. The minimum Gasteiger partial charge on any atom is -0.366 e. The van der Waals surface area contributed by atoms with Crippen LogP contribution in [0.3, 0.4) is 0 Å². The highest BCUT2D eigenvalue weighted by Gasteiger charge is 2.16. The molecule has 10 nitrogen and oxygen atoms in total. The SMILES string of the molecule is Cc1nc2nc(N)nn2c(C)c1CCC(=O)NC(C)Cc1nc(-c2ccccc2)no1. The summed E-state index contributed by atoms with van der Waals surface area (Å²) < 4.78 is 6.94. The second-order valence-corrected chi connectivity index (χ2v) is 7.49. The van der Waals surface area contributed by atoms with Gasteiger partial charge >= 0.3 is 0 Å². The van der Waals surface area contributed by atoms with Crippen LogP contribution in [-0.2, 0) is 17.6 Å². The van der Waals surface area contributed by atoms with Crippen molar-refractivity contribution in [2.75, 3.05) is 5.73 Å². The highest BCUT2D eigenvalue weighted by molar-refractivity contribution is 5.76. The van der Waals surface area contributed by atoms with Gasteiger partial charge in [0.05, 0.1) is 0 Å². The maximum atomic E-state index is 12.5. The van der Waals surface area contributed by atoms with Crippen molar-refractivity contribution in [3.05, 3.63) is 53.2 Å². The van der Waals surface area contributed by atoms with Crippen LogP contribution >= 0.6 is 0 Å². The third-order valence-electron chi connectivity index (χ3n) is 5.06. The van der Waals surface area contributed by atoms with Gasteiger partial charge in [-0.25, -0.2) is 4.98 Å². The maximum absolute atomic E-state index is 12.5. The van der Waals surface area contributed by atoms with E-state index in [1.165, 1.54) is 0 Å². The Balaban J connectivity index is 1.34. The van der Waals surface area contributed by atoms with Gasteiger partial charge in [-0.1, -0.05) is 35.5 Å². The van der Waals surface area contributed by atoms with E-state index < -0.39 is 0 Å². The molecule has 0 bridgehead atoms. The molecule has 0 saturated heterocycles. The van der Waals surface area contributed by atoms with Crippen molar-refractivity contribution in [3.8, 4) is 11.4 Å². The van der Waals surface area contributed by atoms with Crippen molar-refractivity contribution in [2.24, 2.45) is 0 Å². The van der Waals surface area contributed by atoms with E-state index in [0.717, 1.165) is 22.5 Å². The molecule has 4 rings (SSSR count). The summed E-state index contributed by atoms with van der Waals surface area (Å²) in [5.74, 6) is 1.60. The molecule has 0 spiro atoms. The van der Waals surface area contributed by atoms with Gasteiger partial charge in [0.1, 0.15) is 0 Å². The topological polar surface area (TPSA) is 137 Å². The lowest BCUT2D eigenvalue weighted by atomic mass is 10.1. The Labute approximate surface area is 178 Å². The van der Waals surface area contributed by atoms with Crippen molar-refractivity contribution < 1.29 is 9.32 Å². The number of benzene rings is 1. The molecule has 1 unspecified atom stereocenters. The molecule has 4 aromatic rings. The van der Waals surface area contributed by atoms with E-state index in [4.69, 9.17) is 10.3 Å². The predicted molar refractivity (Wildman–Crippen MR) is 114 cm³/mol. The molecule has 3 N–H and O–H groups in total. The van der Waals surface area contributed by atoms with Crippen LogP contribution in [0.15, 0.2) is 34.9 Å². The predicted octanol–water partition coefficient (Wildman–Crippen LogP) is 2.05. The van der Waals surface area contributed by atoms with E-state index >= 15 is 0 Å². The lowest BCUT2D eigenvalue weighted by Gasteiger charge is -2.13. The third-order valence-corrected chi connectivity index (χ3v) is 5.06. The summed E-state index contributed by atoms with van der Waals surface area (Å²) >= 11 is 0. The van der Waals surface area contributed by atoms with Gasteiger partial charge in [-0.15, -0.1) is 5.10 Å². The van der Waals surface area contributed by atoms with Crippen LogP contribution in [0.2, 0.25) is 0 Å². The highest BCUT2D eigenvalue weighted by Crippen LogP contribution is 2.17. The second kappa shape index (κ2) is 8.50. The van der Waals surface area contributed by atoms with Crippen LogP contribution in [0.25, 0.3) is 17.2 Å². The van der Waals surface area contributed by atoms with E-state index in [2.05, 4.69) is 30.5 Å². The van der Waals surface area contributed by atoms with E-state index in [9.17, 15) is 4.79 Å². The lowest BCUT2D eigenvalue weighted by Crippen LogP contribution is -2.34. The van der Waals surface area contributed by atoms with Crippen molar-refractivity contribution in [3.63, 3.8) is 0 Å². The van der Waals surface area contributed by atoms with Gasteiger partial charge in [-0.3, -0.25) is 4.79 Å². The fourth-order valence-electron chi connectivity index (χ4n) is 3.53. The van der Waals surface area contributed by atoms with Crippen LogP contribution in [0.1, 0.15) is 36.2 Å². The first-order valence-electron chi connectivity index (χ1n) is 10.1. The standard InChI is InChI=1S/C21H24N8O2/c1-12(11-18-25-19(28-31-18)15-7-5-4-6-8-15)23-17(30)10-9-16-13(2)24-21-26-20(22)27-29(21)14(16)3/h4-8,12H,9-11H2,1-3H3,(H2,22,27)(H,23,30). The second-order valence-electron chi connectivity index (χ2n) is 7.49. The Hall–Kier alpha value is -3.82. The third kappa shape index (κ3) is 4.52. The molecule has 1 amide bonds. The van der Waals surface area contributed by atoms with Gasteiger partial charge in [-0.05, 0) is 32.8 Å². The minimum atomic E-state index is -0.144. The summed E-state index contributed by atoms with van der Waals surface area (Å²) in [5.41, 5.74) is 9.22. The molecule has 0 fully saturated rings. The van der Waals surface area contributed by atoms with Crippen molar-refractivity contribution in [1.82, 2.24) is 35.0 Å². The number of nitrogens with zero attached hydrogens (tertiary/aromatic N) is 6. The van der Waals surface area contributed by atoms with Crippen LogP contribution in [0.4, 0.5) is 5.95 Å². The summed E-state index contributed by atoms with van der Waals surface area (Å²) in [6.45, 7) is 5.73. The van der Waals surface area contributed by atoms with Crippen molar-refractivity contribution in [1.29, 1.82) is 0 Å². The molecule has 0 radical (unpaired) electrons. The number of nitrogen functional groups attached to an aromatic ring is 1. The van der Waals surface area contributed by atoms with Crippen LogP contribution in [-0.4, -0.2) is 41.7 Å². The number of aromatic nitrogens is 6. The monoisotopic (exact) mass is 420 g/mol. The molecule has 0 aliphatic rings. The Morgan fingerprint density at radius 1 is 1.19 bits per heavy atom. The number of hydrogen-bond donors (Lipinski definition) is 2. The minimum absolute atomic E-state index is 0.0627. The van der Waals surface area contributed by atoms with E-state index in [0.29, 0.717) is 36.8 Å². The molecule has 0 aliphatic heterocycles. The molecule has 1 aromatic carbocycles. The molecule has 3 aromatic heterocycles. The van der Waals surface area contributed by atoms with Gasteiger partial charge < -0.3 is 15.6 Å². The summed E-state index contributed by atoms with van der Waals surface area (Å²) in [5, 5.41) is 11.2. The van der Waals surface area contributed by atoms with E-state index in [-0.39, 0.29) is 17.9 Å². The van der Waals surface area contributed by atoms with E-state index in [1.54, 1.807) is 4.52 Å². The van der Waals surface area contributed by atoms with Crippen molar-refractivity contribution >= 4 is 17.6 Å².